The Hall–Kier alpha value is -1.25. The van der Waals surface area contributed by atoms with Crippen molar-refractivity contribution in [3.63, 3.8) is 0 Å². The molecule has 18 heavy (non-hydrogen) atoms. The van der Waals surface area contributed by atoms with Crippen molar-refractivity contribution in [2.45, 2.75) is 40.0 Å². The van der Waals surface area contributed by atoms with Gasteiger partial charge in [0.1, 0.15) is 0 Å². The molecule has 1 unspecified atom stereocenters. The lowest BCUT2D eigenvalue weighted by atomic mass is 9.77. The van der Waals surface area contributed by atoms with E-state index < -0.39 is 0 Å². The van der Waals surface area contributed by atoms with Crippen LogP contribution in [-0.4, -0.2) is 18.1 Å². The summed E-state index contributed by atoms with van der Waals surface area (Å²) in [5.74, 6) is 0.811. The molecule has 1 saturated heterocycles. The van der Waals surface area contributed by atoms with E-state index in [1.165, 1.54) is 19.3 Å². The molecule has 0 bridgehead atoms. The molecule has 0 amide bonds. The number of hydrogen-bond acceptors (Lipinski definition) is 3. The molecule has 0 aromatic carbocycles. The normalized spacial score (nSPS) is 21.7. The van der Waals surface area contributed by atoms with Crippen LogP contribution in [0.25, 0.3) is 0 Å². The van der Waals surface area contributed by atoms with Gasteiger partial charge in [-0.2, -0.15) is 0 Å². The first-order chi connectivity index (χ1) is 8.48. The zero-order valence-corrected chi connectivity index (χ0v) is 11.8. The molecule has 1 atom stereocenters. The van der Waals surface area contributed by atoms with Crippen molar-refractivity contribution in [3.05, 3.63) is 18.5 Å². The van der Waals surface area contributed by atoms with E-state index in [9.17, 15) is 0 Å². The van der Waals surface area contributed by atoms with Gasteiger partial charge in [-0.3, -0.25) is 4.98 Å². The van der Waals surface area contributed by atoms with E-state index in [4.69, 9.17) is 5.73 Å². The van der Waals surface area contributed by atoms with Crippen LogP contribution in [0.4, 0.5) is 11.4 Å². The van der Waals surface area contributed by atoms with Gasteiger partial charge in [-0.05, 0) is 36.7 Å². The van der Waals surface area contributed by atoms with E-state index in [1.807, 2.05) is 12.3 Å². The van der Waals surface area contributed by atoms with Gasteiger partial charge in [0.2, 0.25) is 0 Å². The van der Waals surface area contributed by atoms with Gasteiger partial charge in [-0.25, -0.2) is 0 Å². The number of nitrogens with two attached hydrogens (primary N) is 1. The first-order valence-electron chi connectivity index (χ1n) is 6.93. The number of nitrogens with zero attached hydrogens (tertiary/aromatic N) is 2. The monoisotopic (exact) mass is 247 g/mol. The van der Waals surface area contributed by atoms with Crippen molar-refractivity contribution >= 4 is 11.4 Å². The minimum atomic E-state index is 0.416. The molecule has 1 aliphatic heterocycles. The second kappa shape index (κ2) is 5.17. The molecule has 1 aromatic heterocycles. The minimum Gasteiger partial charge on any atom is -0.396 e. The van der Waals surface area contributed by atoms with E-state index in [-0.39, 0.29) is 0 Å². The van der Waals surface area contributed by atoms with Crippen LogP contribution in [-0.2, 0) is 0 Å². The van der Waals surface area contributed by atoms with Crippen LogP contribution in [0, 0.1) is 11.3 Å². The SMILES string of the molecule is CC(C)(C)C1CCCN(c2ccncc2N)CC1. The Morgan fingerprint density at radius 3 is 2.72 bits per heavy atom. The van der Waals surface area contributed by atoms with Gasteiger partial charge >= 0.3 is 0 Å². The molecule has 2 heterocycles. The Balaban J connectivity index is 2.08. The third kappa shape index (κ3) is 2.95. The number of pyridine rings is 1. The lowest BCUT2D eigenvalue weighted by Crippen LogP contribution is -2.26. The smallest absolute Gasteiger partial charge is 0.0738 e. The van der Waals surface area contributed by atoms with Crippen molar-refractivity contribution in [2.24, 2.45) is 11.3 Å². The van der Waals surface area contributed by atoms with Crippen molar-refractivity contribution in [2.75, 3.05) is 23.7 Å². The molecule has 1 fully saturated rings. The Bertz CT molecular complexity index is 395. The molecule has 0 aliphatic carbocycles. The molecular formula is C15H25N3. The molecule has 3 nitrogen and oxygen atoms in total. The topological polar surface area (TPSA) is 42.2 Å². The summed E-state index contributed by atoms with van der Waals surface area (Å²) in [6.45, 7) is 9.29. The Morgan fingerprint density at radius 2 is 2.06 bits per heavy atom. The van der Waals surface area contributed by atoms with E-state index in [2.05, 4.69) is 30.7 Å². The van der Waals surface area contributed by atoms with E-state index >= 15 is 0 Å². The molecule has 2 N–H and O–H groups in total. The molecule has 1 aromatic rings. The van der Waals surface area contributed by atoms with Crippen LogP contribution in [0.5, 0.6) is 0 Å². The van der Waals surface area contributed by atoms with Crippen molar-refractivity contribution in [1.29, 1.82) is 0 Å². The van der Waals surface area contributed by atoms with Gasteiger partial charge in [-0.1, -0.05) is 20.8 Å². The average Bonchev–Trinajstić information content (AvgIpc) is 2.54. The molecule has 3 heteroatoms. The van der Waals surface area contributed by atoms with Gasteiger partial charge in [0.15, 0.2) is 0 Å². The highest BCUT2D eigenvalue weighted by Crippen LogP contribution is 2.35. The highest BCUT2D eigenvalue weighted by atomic mass is 15.1. The second-order valence-corrected chi connectivity index (χ2v) is 6.42. The standard InChI is InChI=1S/C15H25N3/c1-15(2,3)12-5-4-9-18(10-7-12)14-6-8-17-11-13(14)16/h6,8,11-12H,4-5,7,9-10,16H2,1-3H3. The zero-order valence-electron chi connectivity index (χ0n) is 11.8. The molecule has 2 rings (SSSR count). The van der Waals surface area contributed by atoms with Crippen molar-refractivity contribution in [3.8, 4) is 0 Å². The maximum absolute atomic E-state index is 6.02. The second-order valence-electron chi connectivity index (χ2n) is 6.42. The molecule has 0 radical (unpaired) electrons. The predicted molar refractivity (Wildman–Crippen MR) is 77.7 cm³/mol. The Labute approximate surface area is 110 Å². The fraction of sp³-hybridized carbons (Fsp3) is 0.667. The van der Waals surface area contributed by atoms with E-state index in [1.54, 1.807) is 6.20 Å². The summed E-state index contributed by atoms with van der Waals surface area (Å²) in [7, 11) is 0. The lowest BCUT2D eigenvalue weighted by molar-refractivity contribution is 0.220. The van der Waals surface area contributed by atoms with Crippen LogP contribution < -0.4 is 10.6 Å². The fourth-order valence-corrected chi connectivity index (χ4v) is 2.89. The molecule has 0 spiro atoms. The van der Waals surface area contributed by atoms with E-state index in [0.29, 0.717) is 5.41 Å². The van der Waals surface area contributed by atoms with Crippen molar-refractivity contribution < 1.29 is 0 Å². The van der Waals surface area contributed by atoms with Crippen LogP contribution >= 0.6 is 0 Å². The number of aromatic nitrogens is 1. The van der Waals surface area contributed by atoms with Crippen LogP contribution in [0.15, 0.2) is 18.5 Å². The van der Waals surface area contributed by atoms with Gasteiger partial charge in [0.25, 0.3) is 0 Å². The zero-order chi connectivity index (χ0) is 13.2. The lowest BCUT2D eigenvalue weighted by Gasteiger charge is -2.30. The van der Waals surface area contributed by atoms with Gasteiger partial charge in [0.05, 0.1) is 17.6 Å². The summed E-state index contributed by atoms with van der Waals surface area (Å²) in [6, 6.07) is 2.03. The highest BCUT2D eigenvalue weighted by Gasteiger charge is 2.27. The summed E-state index contributed by atoms with van der Waals surface area (Å²) >= 11 is 0. The maximum atomic E-state index is 6.02. The van der Waals surface area contributed by atoms with E-state index in [0.717, 1.165) is 30.4 Å². The maximum Gasteiger partial charge on any atom is 0.0738 e. The molecule has 0 saturated carbocycles. The van der Waals surface area contributed by atoms with Gasteiger partial charge in [0, 0.05) is 19.3 Å². The van der Waals surface area contributed by atoms with Crippen molar-refractivity contribution in [1.82, 2.24) is 4.98 Å². The summed E-state index contributed by atoms with van der Waals surface area (Å²) in [5, 5.41) is 0. The Morgan fingerprint density at radius 1 is 1.28 bits per heavy atom. The van der Waals surface area contributed by atoms with Gasteiger partial charge < -0.3 is 10.6 Å². The highest BCUT2D eigenvalue weighted by molar-refractivity contribution is 5.65. The van der Waals surface area contributed by atoms with Gasteiger partial charge in [-0.15, -0.1) is 0 Å². The third-order valence-electron chi connectivity index (χ3n) is 4.12. The summed E-state index contributed by atoms with van der Waals surface area (Å²) in [5.41, 5.74) is 8.39. The molecular weight excluding hydrogens is 222 g/mol. The Kier molecular flexibility index (Phi) is 3.79. The first kappa shape index (κ1) is 13.2. The predicted octanol–water partition coefficient (Wildman–Crippen LogP) is 3.32. The summed E-state index contributed by atoms with van der Waals surface area (Å²) in [6.07, 6.45) is 7.42. The first-order valence-corrected chi connectivity index (χ1v) is 6.93. The minimum absolute atomic E-state index is 0.416. The fourth-order valence-electron chi connectivity index (χ4n) is 2.89. The number of rotatable bonds is 1. The summed E-state index contributed by atoms with van der Waals surface area (Å²) < 4.78 is 0. The van der Waals surface area contributed by atoms with Crippen LogP contribution in [0.3, 0.4) is 0 Å². The van der Waals surface area contributed by atoms with Crippen LogP contribution in [0.2, 0.25) is 0 Å². The average molecular weight is 247 g/mol. The largest absolute Gasteiger partial charge is 0.396 e. The third-order valence-corrected chi connectivity index (χ3v) is 4.12. The number of anilines is 2. The number of hydrogen-bond donors (Lipinski definition) is 1. The summed E-state index contributed by atoms with van der Waals surface area (Å²) in [4.78, 5) is 6.49. The molecule has 100 valence electrons. The quantitative estimate of drug-likeness (QED) is 0.827. The number of nitrogen functional groups attached to an aromatic ring is 1. The molecule has 1 aliphatic rings. The van der Waals surface area contributed by atoms with Crippen LogP contribution in [0.1, 0.15) is 40.0 Å².